The molecule has 1 aromatic rings. The Morgan fingerprint density at radius 2 is 1.85 bits per heavy atom. The first-order valence-electron chi connectivity index (χ1n) is 7.03. The second-order valence-electron chi connectivity index (χ2n) is 7.53. The van der Waals surface area contributed by atoms with Crippen LogP contribution in [-0.2, 0) is 11.3 Å². The summed E-state index contributed by atoms with van der Waals surface area (Å²) in [4.78, 5) is 16.4. The lowest BCUT2D eigenvalue weighted by Crippen LogP contribution is -2.55. The van der Waals surface area contributed by atoms with Gasteiger partial charge in [-0.15, -0.1) is 0 Å². The highest BCUT2D eigenvalue weighted by molar-refractivity contribution is 5.82. The monoisotopic (exact) mass is 280 g/mol. The van der Waals surface area contributed by atoms with Crippen molar-refractivity contribution < 1.29 is 4.79 Å². The van der Waals surface area contributed by atoms with Gasteiger partial charge in [0.2, 0.25) is 5.91 Å². The first-order chi connectivity index (χ1) is 9.01. The first kappa shape index (κ1) is 16.7. The number of nitrogens with two attached hydrogens (primary N) is 1. The molecule has 114 valence electrons. The van der Waals surface area contributed by atoms with Crippen LogP contribution in [-0.4, -0.2) is 27.5 Å². The summed E-state index contributed by atoms with van der Waals surface area (Å²) in [5.74, 6) is -0.0995. The first-order valence-corrected chi connectivity index (χ1v) is 7.03. The van der Waals surface area contributed by atoms with E-state index in [-0.39, 0.29) is 22.8 Å². The van der Waals surface area contributed by atoms with Crippen molar-refractivity contribution in [3.05, 3.63) is 18.7 Å². The molecule has 0 aromatic carbocycles. The Morgan fingerprint density at radius 1 is 1.25 bits per heavy atom. The largest absolute Gasteiger partial charge is 0.350 e. The lowest BCUT2D eigenvalue weighted by Gasteiger charge is -2.34. The minimum Gasteiger partial charge on any atom is -0.350 e. The molecule has 5 heteroatoms. The molecule has 20 heavy (non-hydrogen) atoms. The molecule has 0 saturated carbocycles. The highest BCUT2D eigenvalue weighted by atomic mass is 16.2. The van der Waals surface area contributed by atoms with Gasteiger partial charge in [-0.25, -0.2) is 4.98 Å². The van der Waals surface area contributed by atoms with Crippen molar-refractivity contribution in [1.29, 1.82) is 0 Å². The summed E-state index contributed by atoms with van der Waals surface area (Å²) < 4.78 is 1.97. The SMILES string of the molecule is CC(C)(C)C(Cn1ccnc1)NC(=O)[C@@H](N)C(C)(C)C. The molecule has 1 aromatic heterocycles. The summed E-state index contributed by atoms with van der Waals surface area (Å²) >= 11 is 0. The molecule has 0 bridgehead atoms. The average molecular weight is 280 g/mol. The van der Waals surface area contributed by atoms with Gasteiger partial charge >= 0.3 is 0 Å². The fourth-order valence-corrected chi connectivity index (χ4v) is 1.80. The Morgan fingerprint density at radius 3 is 2.25 bits per heavy atom. The Hall–Kier alpha value is -1.36. The van der Waals surface area contributed by atoms with Crippen molar-refractivity contribution in [3.8, 4) is 0 Å². The van der Waals surface area contributed by atoms with Gasteiger partial charge in [0, 0.05) is 18.9 Å². The van der Waals surface area contributed by atoms with Gasteiger partial charge in [-0.3, -0.25) is 4.79 Å². The predicted octanol–water partition coefficient (Wildman–Crippen LogP) is 1.79. The van der Waals surface area contributed by atoms with Gasteiger partial charge < -0.3 is 15.6 Å². The van der Waals surface area contributed by atoms with Crippen LogP contribution in [0.1, 0.15) is 41.5 Å². The van der Waals surface area contributed by atoms with E-state index in [0.29, 0.717) is 6.54 Å². The van der Waals surface area contributed by atoms with Crippen LogP contribution < -0.4 is 11.1 Å². The van der Waals surface area contributed by atoms with Crippen molar-refractivity contribution in [3.63, 3.8) is 0 Å². The minimum atomic E-state index is -0.518. The van der Waals surface area contributed by atoms with Crippen molar-refractivity contribution in [2.24, 2.45) is 16.6 Å². The molecule has 1 unspecified atom stereocenters. The quantitative estimate of drug-likeness (QED) is 0.883. The molecule has 2 atom stereocenters. The van der Waals surface area contributed by atoms with Gasteiger partial charge in [-0.05, 0) is 10.8 Å². The Bertz CT molecular complexity index is 426. The van der Waals surface area contributed by atoms with Gasteiger partial charge in [0.1, 0.15) is 0 Å². The van der Waals surface area contributed by atoms with Gasteiger partial charge in [0.15, 0.2) is 0 Å². The van der Waals surface area contributed by atoms with Gasteiger partial charge in [-0.1, -0.05) is 41.5 Å². The number of amides is 1. The fourth-order valence-electron chi connectivity index (χ4n) is 1.80. The maximum Gasteiger partial charge on any atom is 0.237 e. The van der Waals surface area contributed by atoms with Crippen LogP contribution in [0, 0.1) is 10.8 Å². The van der Waals surface area contributed by atoms with Crippen molar-refractivity contribution >= 4 is 5.91 Å². The molecule has 0 radical (unpaired) electrons. The molecule has 0 fully saturated rings. The van der Waals surface area contributed by atoms with Crippen LogP contribution >= 0.6 is 0 Å². The van der Waals surface area contributed by atoms with Crippen molar-refractivity contribution in [1.82, 2.24) is 14.9 Å². The van der Waals surface area contributed by atoms with E-state index >= 15 is 0 Å². The summed E-state index contributed by atoms with van der Waals surface area (Å²) in [6.45, 7) is 12.9. The third kappa shape index (κ3) is 4.63. The maximum absolute atomic E-state index is 12.3. The van der Waals surface area contributed by atoms with E-state index in [9.17, 15) is 4.79 Å². The average Bonchev–Trinajstić information content (AvgIpc) is 2.77. The van der Waals surface area contributed by atoms with E-state index in [4.69, 9.17) is 5.73 Å². The van der Waals surface area contributed by atoms with E-state index in [2.05, 4.69) is 31.1 Å². The van der Waals surface area contributed by atoms with E-state index in [1.807, 2.05) is 31.5 Å². The number of carbonyl (C=O) groups is 1. The van der Waals surface area contributed by atoms with Gasteiger partial charge in [-0.2, -0.15) is 0 Å². The normalized spacial score (nSPS) is 15.8. The molecule has 0 aliphatic heterocycles. The molecule has 5 nitrogen and oxygen atoms in total. The summed E-state index contributed by atoms with van der Waals surface area (Å²) in [5.41, 5.74) is 5.72. The highest BCUT2D eigenvalue weighted by Crippen LogP contribution is 2.22. The third-order valence-corrected chi connectivity index (χ3v) is 3.53. The summed E-state index contributed by atoms with van der Waals surface area (Å²) in [6.07, 6.45) is 5.39. The van der Waals surface area contributed by atoms with Crippen LogP contribution in [0.3, 0.4) is 0 Å². The minimum absolute atomic E-state index is 0.00222. The lowest BCUT2D eigenvalue weighted by atomic mass is 9.84. The predicted molar refractivity (Wildman–Crippen MR) is 81.0 cm³/mol. The topological polar surface area (TPSA) is 72.9 Å². The lowest BCUT2D eigenvalue weighted by molar-refractivity contribution is -0.126. The van der Waals surface area contributed by atoms with E-state index < -0.39 is 6.04 Å². The van der Waals surface area contributed by atoms with Crippen LogP contribution in [0.5, 0.6) is 0 Å². The third-order valence-electron chi connectivity index (χ3n) is 3.53. The second kappa shape index (κ2) is 5.95. The molecular formula is C15H28N4O. The number of aromatic nitrogens is 2. The van der Waals surface area contributed by atoms with Crippen LogP contribution in [0.15, 0.2) is 18.7 Å². The molecule has 1 heterocycles. The molecule has 1 amide bonds. The molecule has 3 N–H and O–H groups in total. The molecule has 0 aliphatic carbocycles. The summed E-state index contributed by atoms with van der Waals surface area (Å²) in [6, 6.07) is -0.521. The van der Waals surface area contributed by atoms with Gasteiger partial charge in [0.05, 0.1) is 18.4 Å². The highest BCUT2D eigenvalue weighted by Gasteiger charge is 2.32. The number of nitrogens with one attached hydrogen (secondary N) is 1. The van der Waals surface area contributed by atoms with Crippen molar-refractivity contribution in [2.75, 3.05) is 0 Å². The molecule has 0 aliphatic rings. The van der Waals surface area contributed by atoms with E-state index in [0.717, 1.165) is 0 Å². The molecule has 1 rings (SSSR count). The Balaban J connectivity index is 2.78. The van der Waals surface area contributed by atoms with E-state index in [1.54, 1.807) is 12.5 Å². The fraction of sp³-hybridized carbons (Fsp3) is 0.733. The zero-order chi connectivity index (χ0) is 15.6. The van der Waals surface area contributed by atoms with Crippen LogP contribution in [0.4, 0.5) is 0 Å². The Labute approximate surface area is 122 Å². The van der Waals surface area contributed by atoms with E-state index in [1.165, 1.54) is 0 Å². The zero-order valence-electron chi connectivity index (χ0n) is 13.5. The second-order valence-corrected chi connectivity index (χ2v) is 7.53. The Kier molecular flexibility index (Phi) is 4.97. The van der Waals surface area contributed by atoms with Crippen LogP contribution in [0.2, 0.25) is 0 Å². The van der Waals surface area contributed by atoms with Gasteiger partial charge in [0.25, 0.3) is 0 Å². The number of hydrogen-bond donors (Lipinski definition) is 2. The number of hydrogen-bond acceptors (Lipinski definition) is 3. The number of rotatable bonds is 4. The van der Waals surface area contributed by atoms with Crippen LogP contribution in [0.25, 0.3) is 0 Å². The zero-order valence-corrected chi connectivity index (χ0v) is 13.5. The van der Waals surface area contributed by atoms with Crippen molar-refractivity contribution in [2.45, 2.75) is 60.2 Å². The smallest absolute Gasteiger partial charge is 0.237 e. The standard InChI is InChI=1S/C15H28N4O/c1-14(2,3)11(9-19-8-7-17-10-19)18-13(20)12(16)15(4,5)6/h7-8,10-12H,9,16H2,1-6H3,(H,18,20)/t11?,12-/m1/s1. The molecular weight excluding hydrogens is 252 g/mol. The summed E-state index contributed by atoms with van der Waals surface area (Å²) in [5, 5.41) is 3.09. The summed E-state index contributed by atoms with van der Waals surface area (Å²) in [7, 11) is 0. The molecule has 0 spiro atoms. The number of imidazole rings is 1. The number of nitrogens with zero attached hydrogens (tertiary/aromatic N) is 2. The molecule has 0 saturated heterocycles. The maximum atomic E-state index is 12.3. The number of carbonyl (C=O) groups excluding carboxylic acids is 1.